The molecule has 0 aliphatic rings. The van der Waals surface area contributed by atoms with Gasteiger partial charge in [-0.2, -0.15) is 0 Å². The molecule has 1 aromatic heterocycles. The molecule has 0 saturated carbocycles. The van der Waals surface area contributed by atoms with Gasteiger partial charge in [-0.15, -0.1) is 0 Å². The van der Waals surface area contributed by atoms with Crippen LogP contribution in [0.2, 0.25) is 0 Å². The summed E-state index contributed by atoms with van der Waals surface area (Å²) < 4.78 is 12.6. The lowest BCUT2D eigenvalue weighted by atomic mass is 9.86. The third-order valence-electron chi connectivity index (χ3n) is 4.89. The van der Waals surface area contributed by atoms with Crippen LogP contribution in [0.15, 0.2) is 67.0 Å². The second kappa shape index (κ2) is 9.68. The highest BCUT2D eigenvalue weighted by Crippen LogP contribution is 2.29. The predicted molar refractivity (Wildman–Crippen MR) is 123 cm³/mol. The highest BCUT2D eigenvalue weighted by atomic mass is 16.6. The SMILES string of the molecule is COc1ccc(N[C@H](C(=O)OC(C)(C)C)[C@@H](C(=O)c2nccn2C)c2ccccc2)cc1. The molecule has 0 aliphatic heterocycles. The Kier molecular flexibility index (Phi) is 6.98. The molecule has 3 aromatic rings. The molecule has 7 heteroatoms. The van der Waals surface area contributed by atoms with E-state index in [9.17, 15) is 9.59 Å². The number of nitrogens with zero attached hydrogens (tertiary/aromatic N) is 2. The lowest BCUT2D eigenvalue weighted by molar-refractivity contribution is -0.156. The number of rotatable bonds is 8. The van der Waals surface area contributed by atoms with E-state index in [0.29, 0.717) is 17.0 Å². The smallest absolute Gasteiger partial charge is 0.330 e. The molecule has 168 valence electrons. The van der Waals surface area contributed by atoms with Crippen molar-refractivity contribution in [3.05, 3.63) is 78.4 Å². The van der Waals surface area contributed by atoms with Gasteiger partial charge in [-0.25, -0.2) is 9.78 Å². The Morgan fingerprint density at radius 2 is 1.69 bits per heavy atom. The quantitative estimate of drug-likeness (QED) is 0.421. The standard InChI is InChI=1S/C25H29N3O4/c1-25(2,3)32-24(30)21(27-18-11-13-19(31-5)14-12-18)20(17-9-7-6-8-10-17)22(29)23-26-15-16-28(23)4/h6-16,20-21,27H,1-5H3/t20-,21-/m0/s1. The zero-order valence-electron chi connectivity index (χ0n) is 19.0. The van der Waals surface area contributed by atoms with Gasteiger partial charge in [0, 0.05) is 25.1 Å². The zero-order chi connectivity index (χ0) is 23.3. The Bertz CT molecular complexity index is 1050. The summed E-state index contributed by atoms with van der Waals surface area (Å²) in [5.41, 5.74) is 0.636. The summed E-state index contributed by atoms with van der Waals surface area (Å²) in [4.78, 5) is 31.3. The van der Waals surface area contributed by atoms with Crippen molar-refractivity contribution < 1.29 is 19.1 Å². The average molecular weight is 436 g/mol. The summed E-state index contributed by atoms with van der Waals surface area (Å²) in [7, 11) is 3.34. The Labute approximate surface area is 188 Å². The highest BCUT2D eigenvalue weighted by Gasteiger charge is 2.39. The molecule has 0 aliphatic carbocycles. The molecule has 1 N–H and O–H groups in total. The summed E-state index contributed by atoms with van der Waals surface area (Å²) in [5, 5.41) is 3.23. The lowest BCUT2D eigenvalue weighted by Gasteiger charge is -2.30. The number of Topliss-reactive ketones (excluding diaryl/α,β-unsaturated/α-hetero) is 1. The van der Waals surface area contributed by atoms with Crippen LogP contribution in [0.25, 0.3) is 0 Å². The number of nitrogens with one attached hydrogen (secondary N) is 1. The number of hydrogen-bond donors (Lipinski definition) is 1. The van der Waals surface area contributed by atoms with Crippen molar-refractivity contribution in [2.24, 2.45) is 7.05 Å². The second-order valence-electron chi connectivity index (χ2n) is 8.50. The second-order valence-corrected chi connectivity index (χ2v) is 8.50. The number of imidazole rings is 1. The van der Waals surface area contributed by atoms with E-state index in [0.717, 1.165) is 0 Å². The molecular formula is C25H29N3O4. The van der Waals surface area contributed by atoms with Gasteiger partial charge < -0.3 is 19.4 Å². The van der Waals surface area contributed by atoms with Crippen LogP contribution in [0, 0.1) is 0 Å². The zero-order valence-corrected chi connectivity index (χ0v) is 19.0. The van der Waals surface area contributed by atoms with Gasteiger partial charge >= 0.3 is 5.97 Å². The van der Waals surface area contributed by atoms with Crippen LogP contribution in [-0.4, -0.2) is 40.1 Å². The Morgan fingerprint density at radius 3 is 2.22 bits per heavy atom. The molecule has 0 fully saturated rings. The number of benzene rings is 2. The molecule has 2 aromatic carbocycles. The summed E-state index contributed by atoms with van der Waals surface area (Å²) in [6, 6.07) is 15.4. The van der Waals surface area contributed by atoms with Crippen LogP contribution in [0.5, 0.6) is 5.75 Å². The molecule has 32 heavy (non-hydrogen) atoms. The number of ether oxygens (including phenoxy) is 2. The normalized spacial score (nSPS) is 13.2. The molecule has 0 amide bonds. The summed E-state index contributed by atoms with van der Waals surface area (Å²) in [6.07, 6.45) is 3.27. The highest BCUT2D eigenvalue weighted by molar-refractivity contribution is 6.02. The third kappa shape index (κ3) is 5.55. The van der Waals surface area contributed by atoms with Gasteiger partial charge in [0.1, 0.15) is 17.4 Å². The van der Waals surface area contributed by atoms with Crippen molar-refractivity contribution in [2.45, 2.75) is 38.3 Å². The number of aryl methyl sites for hydroxylation is 1. The van der Waals surface area contributed by atoms with Gasteiger partial charge in [-0.05, 0) is 50.6 Å². The van der Waals surface area contributed by atoms with Crippen LogP contribution in [0.3, 0.4) is 0 Å². The summed E-state index contributed by atoms with van der Waals surface area (Å²) in [5.74, 6) is -0.698. The average Bonchev–Trinajstić information content (AvgIpc) is 3.19. The van der Waals surface area contributed by atoms with Crippen LogP contribution in [0.1, 0.15) is 42.9 Å². The molecule has 0 saturated heterocycles. The first-order valence-corrected chi connectivity index (χ1v) is 10.4. The van der Waals surface area contributed by atoms with E-state index in [1.165, 1.54) is 0 Å². The van der Waals surface area contributed by atoms with E-state index in [2.05, 4.69) is 10.3 Å². The van der Waals surface area contributed by atoms with Crippen LogP contribution in [0.4, 0.5) is 5.69 Å². The molecule has 1 heterocycles. The van der Waals surface area contributed by atoms with Crippen molar-refractivity contribution in [3.63, 3.8) is 0 Å². The first kappa shape index (κ1) is 23.1. The van der Waals surface area contributed by atoms with E-state index >= 15 is 0 Å². The van der Waals surface area contributed by atoms with Crippen LogP contribution in [-0.2, 0) is 16.6 Å². The minimum atomic E-state index is -0.978. The summed E-state index contributed by atoms with van der Waals surface area (Å²) in [6.45, 7) is 5.40. The van der Waals surface area contributed by atoms with E-state index in [4.69, 9.17) is 9.47 Å². The Hall–Kier alpha value is -3.61. The monoisotopic (exact) mass is 435 g/mol. The molecule has 3 rings (SSSR count). The molecule has 7 nitrogen and oxygen atoms in total. The van der Waals surface area contributed by atoms with Gasteiger partial charge in [0.25, 0.3) is 0 Å². The van der Waals surface area contributed by atoms with E-state index in [1.54, 1.807) is 76.2 Å². The minimum absolute atomic E-state index is 0.268. The predicted octanol–water partition coefficient (Wildman–Crippen LogP) is 4.22. The first-order chi connectivity index (χ1) is 15.2. The van der Waals surface area contributed by atoms with E-state index in [-0.39, 0.29) is 11.6 Å². The molecule has 0 unspecified atom stereocenters. The third-order valence-corrected chi connectivity index (χ3v) is 4.89. The lowest BCUT2D eigenvalue weighted by Crippen LogP contribution is -2.43. The van der Waals surface area contributed by atoms with E-state index < -0.39 is 23.5 Å². The van der Waals surface area contributed by atoms with Crippen molar-refractivity contribution >= 4 is 17.4 Å². The Morgan fingerprint density at radius 1 is 1.03 bits per heavy atom. The molecule has 2 atom stereocenters. The van der Waals surface area contributed by atoms with Crippen molar-refractivity contribution in [1.82, 2.24) is 9.55 Å². The van der Waals surface area contributed by atoms with Gasteiger partial charge in [-0.3, -0.25) is 4.79 Å². The fourth-order valence-electron chi connectivity index (χ4n) is 3.41. The number of ketones is 1. The van der Waals surface area contributed by atoms with Crippen molar-refractivity contribution in [2.75, 3.05) is 12.4 Å². The number of anilines is 1. The number of esters is 1. The van der Waals surface area contributed by atoms with Gasteiger partial charge in [0.15, 0.2) is 5.82 Å². The first-order valence-electron chi connectivity index (χ1n) is 10.4. The maximum absolute atomic E-state index is 13.7. The number of hydrogen-bond acceptors (Lipinski definition) is 6. The largest absolute Gasteiger partial charge is 0.497 e. The number of carbonyl (C=O) groups excluding carboxylic acids is 2. The number of aromatic nitrogens is 2. The molecular weight excluding hydrogens is 406 g/mol. The van der Waals surface area contributed by atoms with Crippen LogP contribution >= 0.6 is 0 Å². The maximum atomic E-state index is 13.7. The summed E-state index contributed by atoms with van der Waals surface area (Å²) >= 11 is 0. The maximum Gasteiger partial charge on any atom is 0.330 e. The van der Waals surface area contributed by atoms with Gasteiger partial charge in [0.05, 0.1) is 13.0 Å². The van der Waals surface area contributed by atoms with Gasteiger partial charge in [0.2, 0.25) is 5.78 Å². The molecule has 0 bridgehead atoms. The van der Waals surface area contributed by atoms with Crippen LogP contribution < -0.4 is 10.1 Å². The molecule has 0 radical (unpaired) electrons. The van der Waals surface area contributed by atoms with Crippen molar-refractivity contribution in [1.29, 1.82) is 0 Å². The minimum Gasteiger partial charge on any atom is -0.497 e. The fraction of sp³-hybridized carbons (Fsp3) is 0.320. The Balaban J connectivity index is 2.07. The number of carbonyl (C=O) groups is 2. The van der Waals surface area contributed by atoms with E-state index in [1.807, 2.05) is 30.3 Å². The van der Waals surface area contributed by atoms with Gasteiger partial charge in [-0.1, -0.05) is 30.3 Å². The fourth-order valence-corrected chi connectivity index (χ4v) is 3.41. The number of methoxy groups -OCH3 is 1. The molecule has 0 spiro atoms. The topological polar surface area (TPSA) is 82.4 Å². The van der Waals surface area contributed by atoms with Crippen molar-refractivity contribution in [3.8, 4) is 5.75 Å².